The second-order valence-corrected chi connectivity index (χ2v) is 9.19. The van der Waals surface area contributed by atoms with Crippen molar-refractivity contribution < 1.29 is 18.1 Å². The van der Waals surface area contributed by atoms with Crippen LogP contribution in [0.2, 0.25) is 0 Å². The average molecular weight is 429 g/mol. The molecule has 3 aromatic rings. The van der Waals surface area contributed by atoms with Crippen LogP contribution in [0.3, 0.4) is 0 Å². The lowest BCUT2D eigenvalue weighted by molar-refractivity contribution is 0.0169. The van der Waals surface area contributed by atoms with Gasteiger partial charge >= 0.3 is 0 Å². The van der Waals surface area contributed by atoms with Crippen LogP contribution in [-0.4, -0.2) is 31.9 Å². The van der Waals surface area contributed by atoms with Gasteiger partial charge in [-0.05, 0) is 55.2 Å². The number of benzene rings is 2. The zero-order valence-electron chi connectivity index (χ0n) is 17.1. The third kappa shape index (κ3) is 4.79. The van der Waals surface area contributed by atoms with Crippen LogP contribution in [0.1, 0.15) is 35.9 Å². The fourth-order valence-electron chi connectivity index (χ4n) is 3.72. The average Bonchev–Trinajstić information content (AvgIpc) is 3.18. The third-order valence-electron chi connectivity index (χ3n) is 5.42. The Morgan fingerprint density at radius 2 is 2.07 bits per heavy atom. The second-order valence-electron chi connectivity index (χ2n) is 7.52. The van der Waals surface area contributed by atoms with Crippen molar-refractivity contribution in [2.75, 3.05) is 12.9 Å². The molecule has 30 heavy (non-hydrogen) atoms. The lowest BCUT2D eigenvalue weighted by atomic mass is 10.0. The van der Waals surface area contributed by atoms with E-state index in [1.54, 1.807) is 12.5 Å². The molecule has 3 unspecified atom stereocenters. The molecule has 1 saturated heterocycles. The van der Waals surface area contributed by atoms with Gasteiger partial charge in [0, 0.05) is 53.1 Å². The van der Waals surface area contributed by atoms with Gasteiger partial charge in [-0.2, -0.15) is 0 Å². The molecular weight excluding hydrogens is 403 g/mol. The van der Waals surface area contributed by atoms with Gasteiger partial charge in [-0.25, -0.2) is 9.37 Å². The molecule has 0 radical (unpaired) electrons. The van der Waals surface area contributed by atoms with Crippen LogP contribution >= 0.6 is 0 Å². The minimum absolute atomic E-state index is 0.0778. The zero-order chi connectivity index (χ0) is 21.1. The predicted octanol–water partition coefficient (Wildman–Crippen LogP) is 4.50. The first-order chi connectivity index (χ1) is 14.5. The summed E-state index contributed by atoms with van der Waals surface area (Å²) in [4.78, 5) is 4.24. The van der Waals surface area contributed by atoms with Crippen molar-refractivity contribution in [3.8, 4) is 11.4 Å². The van der Waals surface area contributed by atoms with Gasteiger partial charge in [0.05, 0.1) is 6.10 Å². The summed E-state index contributed by atoms with van der Waals surface area (Å²) in [6, 6.07) is 12.7. The summed E-state index contributed by atoms with van der Waals surface area (Å²) in [5.74, 6) is 1.02. The van der Waals surface area contributed by atoms with E-state index in [-0.39, 0.29) is 17.2 Å². The molecule has 4 rings (SSSR count). The topological polar surface area (TPSA) is 53.4 Å². The number of hydrogen-bond donors (Lipinski definition) is 0. The monoisotopic (exact) mass is 428 g/mol. The summed E-state index contributed by atoms with van der Waals surface area (Å²) in [5, 5.41) is 0.0778. The van der Waals surface area contributed by atoms with Crippen molar-refractivity contribution in [3.05, 3.63) is 77.6 Å². The number of nitrogens with zero attached hydrogens (tertiary/aromatic N) is 2. The SMILES string of the molecule is Cc1nccn1-c1ccc(COc2cc(F)cc(C3CC(S(C)=O)CCO3)c2)cc1. The molecule has 2 aromatic carbocycles. The summed E-state index contributed by atoms with van der Waals surface area (Å²) in [6.45, 7) is 2.82. The fourth-order valence-corrected chi connectivity index (χ4v) is 4.60. The van der Waals surface area contributed by atoms with Crippen LogP contribution in [0, 0.1) is 12.7 Å². The Morgan fingerprint density at radius 1 is 1.27 bits per heavy atom. The molecule has 0 spiro atoms. The van der Waals surface area contributed by atoms with Crippen molar-refractivity contribution in [2.24, 2.45) is 0 Å². The van der Waals surface area contributed by atoms with Gasteiger partial charge in [0.25, 0.3) is 0 Å². The molecule has 1 aliphatic heterocycles. The number of hydrogen-bond acceptors (Lipinski definition) is 4. The van der Waals surface area contributed by atoms with Crippen molar-refractivity contribution in [3.63, 3.8) is 0 Å². The highest BCUT2D eigenvalue weighted by atomic mass is 32.2. The standard InChI is InChI=1S/C23H25FN2O3S/c1-16-25-8-9-26(16)20-5-3-17(4-6-20)15-29-21-12-18(11-19(24)13-21)23-14-22(30(2)27)7-10-28-23/h3-6,8-9,11-13,22-23H,7,10,14-15H2,1-2H3. The van der Waals surface area contributed by atoms with Crippen molar-refractivity contribution >= 4 is 10.8 Å². The van der Waals surface area contributed by atoms with Crippen molar-refractivity contribution in [2.45, 2.75) is 37.7 Å². The molecule has 1 aliphatic rings. The first-order valence-electron chi connectivity index (χ1n) is 9.96. The molecule has 0 aliphatic carbocycles. The smallest absolute Gasteiger partial charge is 0.127 e. The van der Waals surface area contributed by atoms with Gasteiger partial charge in [0.2, 0.25) is 0 Å². The summed E-state index contributed by atoms with van der Waals surface area (Å²) in [5.41, 5.74) is 2.74. The van der Waals surface area contributed by atoms with E-state index < -0.39 is 10.8 Å². The van der Waals surface area contributed by atoms with E-state index in [1.807, 2.05) is 48.0 Å². The van der Waals surface area contributed by atoms with Crippen LogP contribution < -0.4 is 4.74 Å². The molecule has 5 nitrogen and oxygen atoms in total. The number of halogens is 1. The van der Waals surface area contributed by atoms with Crippen LogP contribution in [-0.2, 0) is 22.1 Å². The Kier molecular flexibility index (Phi) is 6.29. The number of aryl methyl sites for hydroxylation is 1. The van der Waals surface area contributed by atoms with E-state index in [0.717, 1.165) is 29.1 Å². The van der Waals surface area contributed by atoms with Crippen LogP contribution in [0.15, 0.2) is 54.9 Å². The molecule has 0 amide bonds. The number of imidazole rings is 1. The molecule has 0 N–H and O–H groups in total. The third-order valence-corrected chi connectivity index (χ3v) is 6.78. The van der Waals surface area contributed by atoms with Gasteiger partial charge in [0.15, 0.2) is 0 Å². The Labute approximate surface area is 178 Å². The first-order valence-corrected chi connectivity index (χ1v) is 11.6. The molecular formula is C23H25FN2O3S. The molecule has 3 atom stereocenters. The molecule has 2 heterocycles. The Hall–Kier alpha value is -2.51. The highest BCUT2D eigenvalue weighted by Crippen LogP contribution is 2.32. The van der Waals surface area contributed by atoms with Gasteiger partial charge in [-0.15, -0.1) is 0 Å². The van der Waals surface area contributed by atoms with Crippen LogP contribution in [0.5, 0.6) is 5.75 Å². The first kappa shape index (κ1) is 20.8. The minimum Gasteiger partial charge on any atom is -0.489 e. The second kappa shape index (κ2) is 9.10. The Bertz CT molecular complexity index is 1040. The summed E-state index contributed by atoms with van der Waals surface area (Å²) < 4.78 is 39.7. The van der Waals surface area contributed by atoms with Crippen molar-refractivity contribution in [1.82, 2.24) is 9.55 Å². The van der Waals surface area contributed by atoms with E-state index in [1.165, 1.54) is 12.1 Å². The van der Waals surface area contributed by atoms with E-state index >= 15 is 0 Å². The van der Waals surface area contributed by atoms with E-state index in [4.69, 9.17) is 9.47 Å². The van der Waals surface area contributed by atoms with E-state index in [0.29, 0.717) is 25.4 Å². The molecule has 0 saturated carbocycles. The van der Waals surface area contributed by atoms with Crippen molar-refractivity contribution in [1.29, 1.82) is 0 Å². The Morgan fingerprint density at radius 3 is 2.77 bits per heavy atom. The number of rotatable bonds is 6. The molecule has 0 bridgehead atoms. The van der Waals surface area contributed by atoms with E-state index in [2.05, 4.69) is 4.98 Å². The van der Waals surface area contributed by atoms with Crippen LogP contribution in [0.25, 0.3) is 5.69 Å². The number of ether oxygens (including phenoxy) is 2. The van der Waals surface area contributed by atoms with Gasteiger partial charge < -0.3 is 14.0 Å². The zero-order valence-corrected chi connectivity index (χ0v) is 17.9. The number of aromatic nitrogens is 2. The molecule has 158 valence electrons. The Balaban J connectivity index is 1.44. The minimum atomic E-state index is -0.911. The summed E-state index contributed by atoms with van der Waals surface area (Å²) >= 11 is 0. The highest BCUT2D eigenvalue weighted by molar-refractivity contribution is 7.84. The fraction of sp³-hybridized carbons (Fsp3) is 0.348. The summed E-state index contributed by atoms with van der Waals surface area (Å²) in [6.07, 6.45) is 6.54. The largest absolute Gasteiger partial charge is 0.489 e. The molecule has 1 aromatic heterocycles. The molecule has 1 fully saturated rings. The van der Waals surface area contributed by atoms with E-state index in [9.17, 15) is 8.60 Å². The van der Waals surface area contributed by atoms with Gasteiger partial charge in [0.1, 0.15) is 24.0 Å². The maximum Gasteiger partial charge on any atom is 0.127 e. The highest BCUT2D eigenvalue weighted by Gasteiger charge is 2.27. The maximum absolute atomic E-state index is 14.2. The quantitative estimate of drug-likeness (QED) is 0.580. The van der Waals surface area contributed by atoms with Gasteiger partial charge in [-0.3, -0.25) is 4.21 Å². The lowest BCUT2D eigenvalue weighted by Crippen LogP contribution is -2.27. The van der Waals surface area contributed by atoms with Crippen LogP contribution in [0.4, 0.5) is 4.39 Å². The molecule has 7 heteroatoms. The predicted molar refractivity (Wildman–Crippen MR) is 115 cm³/mol. The normalized spacial score (nSPS) is 20.1. The van der Waals surface area contributed by atoms with Gasteiger partial charge in [-0.1, -0.05) is 12.1 Å². The summed E-state index contributed by atoms with van der Waals surface area (Å²) in [7, 11) is -0.911. The lowest BCUT2D eigenvalue weighted by Gasteiger charge is -2.28. The maximum atomic E-state index is 14.2.